The summed E-state index contributed by atoms with van der Waals surface area (Å²) in [5.74, 6) is 0.924. The Hall–Kier alpha value is -0.990. The first-order valence-corrected chi connectivity index (χ1v) is 7.40. The Kier molecular flexibility index (Phi) is 7.61. The molecule has 1 rings (SSSR count). The predicted octanol–water partition coefficient (Wildman–Crippen LogP) is 3.20. The Labute approximate surface area is 121 Å². The van der Waals surface area contributed by atoms with Crippen molar-refractivity contribution in [2.45, 2.75) is 39.2 Å². The zero-order valence-corrected chi connectivity index (χ0v) is 12.7. The van der Waals surface area contributed by atoms with Crippen molar-refractivity contribution in [1.82, 2.24) is 0 Å². The average Bonchev–Trinajstić information content (AvgIpc) is 2.40. The molecule has 0 radical (unpaired) electrons. The maximum Gasteiger partial charge on any atom is 0.122 e. The smallest absolute Gasteiger partial charge is 0.122 e. The molecule has 1 atom stereocenters. The van der Waals surface area contributed by atoms with Crippen molar-refractivity contribution in [3.8, 4) is 5.75 Å². The molecule has 2 N–H and O–H groups in total. The van der Waals surface area contributed by atoms with E-state index in [9.17, 15) is 0 Å². The maximum atomic E-state index is 5.99. The summed E-state index contributed by atoms with van der Waals surface area (Å²) in [6.45, 7) is 10.1. The van der Waals surface area contributed by atoms with Crippen LogP contribution < -0.4 is 10.1 Å². The van der Waals surface area contributed by atoms with Crippen LogP contribution in [0.25, 0.3) is 0 Å². The molecule has 0 fully saturated rings. The molecule has 106 valence electrons. The van der Waals surface area contributed by atoms with Gasteiger partial charge in [0.25, 0.3) is 0 Å². The number of ether oxygens (including phenoxy) is 1. The zero-order chi connectivity index (χ0) is 14.1. The fourth-order valence-corrected chi connectivity index (χ4v) is 2.03. The van der Waals surface area contributed by atoms with Crippen LogP contribution in [-0.4, -0.2) is 19.2 Å². The van der Waals surface area contributed by atoms with E-state index in [1.807, 2.05) is 24.3 Å². The van der Waals surface area contributed by atoms with E-state index >= 15 is 0 Å². The first-order chi connectivity index (χ1) is 9.17. The molecular formula is C16H25ClNO+. The van der Waals surface area contributed by atoms with Crippen molar-refractivity contribution in [2.24, 2.45) is 0 Å². The van der Waals surface area contributed by atoms with Crippen molar-refractivity contribution in [3.05, 3.63) is 41.4 Å². The lowest BCUT2D eigenvalue weighted by Crippen LogP contribution is -2.89. The summed E-state index contributed by atoms with van der Waals surface area (Å²) in [7, 11) is 0. The van der Waals surface area contributed by atoms with E-state index in [-0.39, 0.29) is 0 Å². The maximum absolute atomic E-state index is 5.99. The second-order valence-corrected chi connectivity index (χ2v) is 5.29. The van der Waals surface area contributed by atoms with Gasteiger partial charge in [-0.25, -0.2) is 0 Å². The molecule has 2 nitrogen and oxygen atoms in total. The van der Waals surface area contributed by atoms with Crippen LogP contribution >= 0.6 is 11.6 Å². The summed E-state index contributed by atoms with van der Waals surface area (Å²) in [4.78, 5) is 0. The number of allylic oxidation sites excluding steroid dienone is 1. The molecule has 3 heteroatoms. The fraction of sp³-hybridized carbons (Fsp3) is 0.500. The van der Waals surface area contributed by atoms with Crippen molar-refractivity contribution >= 4 is 11.6 Å². The number of quaternary nitrogens is 1. The predicted molar refractivity (Wildman–Crippen MR) is 82.0 cm³/mol. The topological polar surface area (TPSA) is 25.8 Å². The quantitative estimate of drug-likeness (QED) is 0.546. The molecule has 0 aliphatic heterocycles. The molecule has 19 heavy (non-hydrogen) atoms. The van der Waals surface area contributed by atoms with Gasteiger partial charge in [0.05, 0.1) is 19.2 Å². The third-order valence-corrected chi connectivity index (χ3v) is 3.44. The standard InChI is InChI=1S/C16H24ClNO/c1-4-7-14-12-15(17)8-9-16(14)19-11-6-10-18-13(3)5-2/h4,8-9,12-13,18H,1,5-7,10-11H2,2-3H3/p+1/t13-/m1/s1. The minimum Gasteiger partial charge on any atom is -0.493 e. The molecule has 0 bridgehead atoms. The van der Waals surface area contributed by atoms with Gasteiger partial charge in [0.1, 0.15) is 5.75 Å². The highest BCUT2D eigenvalue weighted by molar-refractivity contribution is 6.30. The van der Waals surface area contributed by atoms with Crippen LogP contribution in [0.3, 0.4) is 0 Å². The highest BCUT2D eigenvalue weighted by atomic mass is 35.5. The number of hydrogen-bond donors (Lipinski definition) is 1. The van der Waals surface area contributed by atoms with Crippen molar-refractivity contribution in [2.75, 3.05) is 13.2 Å². The van der Waals surface area contributed by atoms with Crippen LogP contribution in [0.4, 0.5) is 0 Å². The lowest BCUT2D eigenvalue weighted by Gasteiger charge is -2.11. The van der Waals surface area contributed by atoms with Gasteiger partial charge >= 0.3 is 0 Å². The van der Waals surface area contributed by atoms with Gasteiger partial charge in [0, 0.05) is 11.4 Å². The molecule has 0 amide bonds. The van der Waals surface area contributed by atoms with Gasteiger partial charge in [-0.2, -0.15) is 0 Å². The van der Waals surface area contributed by atoms with Crippen LogP contribution in [0.1, 0.15) is 32.3 Å². The van der Waals surface area contributed by atoms with E-state index in [0.717, 1.165) is 42.3 Å². The number of nitrogens with two attached hydrogens (primary N) is 1. The summed E-state index contributed by atoms with van der Waals surface area (Å²) in [5, 5.41) is 3.12. The Morgan fingerprint density at radius 2 is 2.26 bits per heavy atom. The van der Waals surface area contributed by atoms with Crippen molar-refractivity contribution < 1.29 is 10.1 Å². The third kappa shape index (κ3) is 6.13. The van der Waals surface area contributed by atoms with E-state index in [1.165, 1.54) is 6.42 Å². The summed E-state index contributed by atoms with van der Waals surface area (Å²) in [6, 6.07) is 6.46. The van der Waals surface area contributed by atoms with E-state index < -0.39 is 0 Å². The molecule has 0 aliphatic rings. The Morgan fingerprint density at radius 1 is 1.47 bits per heavy atom. The lowest BCUT2D eigenvalue weighted by molar-refractivity contribution is -0.686. The van der Waals surface area contributed by atoms with Gasteiger partial charge in [-0.15, -0.1) is 6.58 Å². The molecule has 0 spiro atoms. The number of rotatable bonds is 9. The molecule has 0 saturated carbocycles. The third-order valence-electron chi connectivity index (χ3n) is 3.21. The first kappa shape index (κ1) is 16.1. The van der Waals surface area contributed by atoms with Crippen LogP contribution in [0.15, 0.2) is 30.9 Å². The van der Waals surface area contributed by atoms with Gasteiger partial charge in [0.15, 0.2) is 0 Å². The van der Waals surface area contributed by atoms with Gasteiger partial charge in [-0.1, -0.05) is 24.6 Å². The summed E-state index contributed by atoms with van der Waals surface area (Å²) in [6.07, 6.45) is 4.92. The normalized spacial score (nSPS) is 12.2. The monoisotopic (exact) mass is 282 g/mol. The van der Waals surface area contributed by atoms with Gasteiger partial charge < -0.3 is 10.1 Å². The van der Waals surface area contributed by atoms with Gasteiger partial charge in [-0.3, -0.25) is 0 Å². The first-order valence-electron chi connectivity index (χ1n) is 7.02. The number of hydrogen-bond acceptors (Lipinski definition) is 1. The minimum absolute atomic E-state index is 0.701. The molecule has 0 heterocycles. The van der Waals surface area contributed by atoms with Crippen LogP contribution in [0, 0.1) is 0 Å². The Balaban J connectivity index is 2.38. The second kappa shape index (κ2) is 9.00. The zero-order valence-electron chi connectivity index (χ0n) is 12.0. The van der Waals surface area contributed by atoms with E-state index in [4.69, 9.17) is 16.3 Å². The summed E-state index contributed by atoms with van der Waals surface area (Å²) >= 11 is 5.99. The molecule has 0 unspecified atom stereocenters. The number of halogens is 1. The second-order valence-electron chi connectivity index (χ2n) is 4.86. The SMILES string of the molecule is C=CCc1cc(Cl)ccc1OCCC[NH2+][C@H](C)CC. The molecule has 0 aromatic heterocycles. The van der Waals surface area contributed by atoms with Crippen LogP contribution in [-0.2, 0) is 6.42 Å². The van der Waals surface area contributed by atoms with E-state index in [0.29, 0.717) is 6.04 Å². The highest BCUT2D eigenvalue weighted by Crippen LogP contribution is 2.23. The van der Waals surface area contributed by atoms with Crippen molar-refractivity contribution in [1.29, 1.82) is 0 Å². The Bertz CT molecular complexity index is 392. The Morgan fingerprint density at radius 3 is 2.95 bits per heavy atom. The molecule has 1 aromatic rings. The van der Waals surface area contributed by atoms with E-state index in [1.54, 1.807) is 0 Å². The lowest BCUT2D eigenvalue weighted by atomic mass is 10.1. The van der Waals surface area contributed by atoms with Crippen molar-refractivity contribution in [3.63, 3.8) is 0 Å². The molecule has 0 aliphatic carbocycles. The average molecular weight is 283 g/mol. The summed E-state index contributed by atoms with van der Waals surface area (Å²) < 4.78 is 5.83. The minimum atomic E-state index is 0.701. The molecular weight excluding hydrogens is 258 g/mol. The number of benzene rings is 1. The van der Waals surface area contributed by atoms with Gasteiger partial charge in [0.2, 0.25) is 0 Å². The summed E-state index contributed by atoms with van der Waals surface area (Å²) in [5.41, 5.74) is 1.11. The highest BCUT2D eigenvalue weighted by Gasteiger charge is 2.04. The van der Waals surface area contributed by atoms with E-state index in [2.05, 4.69) is 25.7 Å². The van der Waals surface area contributed by atoms with Crippen LogP contribution in [0.2, 0.25) is 5.02 Å². The fourth-order valence-electron chi connectivity index (χ4n) is 1.84. The van der Waals surface area contributed by atoms with Crippen LogP contribution in [0.5, 0.6) is 5.75 Å². The largest absolute Gasteiger partial charge is 0.493 e. The molecule has 0 saturated heterocycles. The van der Waals surface area contributed by atoms with Gasteiger partial charge in [-0.05, 0) is 43.5 Å². The molecule has 1 aromatic carbocycles.